The highest BCUT2D eigenvalue weighted by molar-refractivity contribution is 7.18. The van der Waals surface area contributed by atoms with Crippen LogP contribution in [0.3, 0.4) is 0 Å². The Hall–Kier alpha value is -2.93. The standard InChI is InChI=1S/C18H17N3O3S/c1-3-24-18(23)21-13-6-4-5-12(9-13)17(22)20-14-7-8-15-16(10-14)25-11(2)19-15/h4-10H,3H2,1-2H3,(H,20,22)(H,21,23). The minimum Gasteiger partial charge on any atom is -0.450 e. The molecule has 0 radical (unpaired) electrons. The van der Waals surface area contributed by atoms with E-state index in [1.54, 1.807) is 42.5 Å². The topological polar surface area (TPSA) is 80.3 Å². The Morgan fingerprint density at radius 1 is 1.12 bits per heavy atom. The molecular weight excluding hydrogens is 338 g/mol. The van der Waals surface area contributed by atoms with Gasteiger partial charge in [0.05, 0.1) is 21.8 Å². The summed E-state index contributed by atoms with van der Waals surface area (Å²) in [5.41, 5.74) is 2.56. The second-order valence-electron chi connectivity index (χ2n) is 5.30. The van der Waals surface area contributed by atoms with E-state index in [2.05, 4.69) is 15.6 Å². The third kappa shape index (κ3) is 4.13. The lowest BCUT2D eigenvalue weighted by atomic mass is 10.2. The van der Waals surface area contributed by atoms with Gasteiger partial charge in [-0.2, -0.15) is 0 Å². The minimum atomic E-state index is -0.550. The van der Waals surface area contributed by atoms with Gasteiger partial charge in [-0.1, -0.05) is 6.07 Å². The second kappa shape index (κ2) is 7.31. The molecule has 0 spiro atoms. The maximum absolute atomic E-state index is 12.5. The third-order valence-corrected chi connectivity index (χ3v) is 4.33. The predicted molar refractivity (Wildman–Crippen MR) is 99.4 cm³/mol. The maximum atomic E-state index is 12.5. The van der Waals surface area contributed by atoms with Gasteiger partial charge in [0.2, 0.25) is 0 Å². The summed E-state index contributed by atoms with van der Waals surface area (Å²) in [6.07, 6.45) is -0.550. The van der Waals surface area contributed by atoms with Gasteiger partial charge in [-0.15, -0.1) is 11.3 Å². The number of hydrogen-bond acceptors (Lipinski definition) is 5. The van der Waals surface area contributed by atoms with E-state index in [4.69, 9.17) is 4.74 Å². The summed E-state index contributed by atoms with van der Waals surface area (Å²) in [6, 6.07) is 12.3. The van der Waals surface area contributed by atoms with Crippen LogP contribution in [-0.2, 0) is 4.74 Å². The Morgan fingerprint density at radius 3 is 2.72 bits per heavy atom. The van der Waals surface area contributed by atoms with Crippen molar-refractivity contribution in [3.05, 3.63) is 53.0 Å². The molecule has 3 aromatic rings. The highest BCUT2D eigenvalue weighted by Crippen LogP contribution is 2.25. The molecule has 0 unspecified atom stereocenters. The highest BCUT2D eigenvalue weighted by atomic mass is 32.1. The normalized spacial score (nSPS) is 10.5. The minimum absolute atomic E-state index is 0.256. The number of rotatable bonds is 4. The summed E-state index contributed by atoms with van der Waals surface area (Å²) < 4.78 is 5.85. The maximum Gasteiger partial charge on any atom is 0.411 e. The lowest BCUT2D eigenvalue weighted by molar-refractivity contribution is 0.102. The van der Waals surface area contributed by atoms with Crippen molar-refractivity contribution in [2.45, 2.75) is 13.8 Å². The van der Waals surface area contributed by atoms with Gasteiger partial charge in [0.25, 0.3) is 5.91 Å². The van der Waals surface area contributed by atoms with Gasteiger partial charge in [0, 0.05) is 16.9 Å². The Balaban J connectivity index is 1.74. The molecule has 6 nitrogen and oxygen atoms in total. The molecule has 0 fully saturated rings. The first-order valence-corrected chi connectivity index (χ1v) is 8.59. The summed E-state index contributed by atoms with van der Waals surface area (Å²) in [6.45, 7) is 3.96. The summed E-state index contributed by atoms with van der Waals surface area (Å²) in [4.78, 5) is 28.3. The largest absolute Gasteiger partial charge is 0.450 e. The van der Waals surface area contributed by atoms with Crippen LogP contribution in [0, 0.1) is 6.92 Å². The van der Waals surface area contributed by atoms with Crippen LogP contribution in [-0.4, -0.2) is 23.6 Å². The van der Waals surface area contributed by atoms with Crippen molar-refractivity contribution < 1.29 is 14.3 Å². The highest BCUT2D eigenvalue weighted by Gasteiger charge is 2.10. The first kappa shape index (κ1) is 16.9. The molecule has 25 heavy (non-hydrogen) atoms. The molecule has 1 aromatic heterocycles. The Labute approximate surface area is 148 Å². The number of ether oxygens (including phenoxy) is 1. The molecule has 0 aliphatic carbocycles. The van der Waals surface area contributed by atoms with E-state index in [0.717, 1.165) is 15.2 Å². The van der Waals surface area contributed by atoms with Gasteiger partial charge in [0.15, 0.2) is 0 Å². The number of hydrogen-bond donors (Lipinski definition) is 2. The van der Waals surface area contributed by atoms with Gasteiger partial charge in [-0.3, -0.25) is 10.1 Å². The number of amides is 2. The molecule has 0 bridgehead atoms. The van der Waals surface area contributed by atoms with E-state index in [1.807, 2.05) is 25.1 Å². The molecule has 0 saturated carbocycles. The lowest BCUT2D eigenvalue weighted by Gasteiger charge is -2.08. The van der Waals surface area contributed by atoms with Crippen LogP contribution in [0.5, 0.6) is 0 Å². The number of benzene rings is 2. The van der Waals surface area contributed by atoms with Crippen LogP contribution >= 0.6 is 11.3 Å². The molecule has 7 heteroatoms. The zero-order valence-corrected chi connectivity index (χ0v) is 14.6. The van der Waals surface area contributed by atoms with Crippen molar-refractivity contribution in [1.82, 2.24) is 4.98 Å². The van der Waals surface area contributed by atoms with E-state index in [0.29, 0.717) is 16.9 Å². The van der Waals surface area contributed by atoms with Crippen LogP contribution in [0.2, 0.25) is 0 Å². The average Bonchev–Trinajstić information content (AvgIpc) is 2.94. The molecule has 1 heterocycles. The van der Waals surface area contributed by atoms with Crippen molar-refractivity contribution in [2.75, 3.05) is 17.2 Å². The van der Waals surface area contributed by atoms with Crippen LogP contribution < -0.4 is 10.6 Å². The Kier molecular flexibility index (Phi) is 4.95. The van der Waals surface area contributed by atoms with Crippen LogP contribution in [0.15, 0.2) is 42.5 Å². The van der Waals surface area contributed by atoms with Gasteiger partial charge in [-0.05, 0) is 50.2 Å². The quantitative estimate of drug-likeness (QED) is 0.726. The monoisotopic (exact) mass is 355 g/mol. The summed E-state index contributed by atoms with van der Waals surface area (Å²) in [7, 11) is 0. The molecule has 128 valence electrons. The number of aromatic nitrogens is 1. The van der Waals surface area contributed by atoms with Gasteiger partial charge < -0.3 is 10.1 Å². The lowest BCUT2D eigenvalue weighted by Crippen LogP contribution is -2.15. The fourth-order valence-corrected chi connectivity index (χ4v) is 3.21. The molecule has 2 N–H and O–H groups in total. The van der Waals surface area contributed by atoms with E-state index in [-0.39, 0.29) is 12.5 Å². The van der Waals surface area contributed by atoms with Crippen LogP contribution in [0.25, 0.3) is 10.2 Å². The van der Waals surface area contributed by atoms with E-state index < -0.39 is 6.09 Å². The molecule has 2 amide bonds. The van der Waals surface area contributed by atoms with Crippen molar-refractivity contribution in [3.63, 3.8) is 0 Å². The molecule has 2 aromatic carbocycles. The van der Waals surface area contributed by atoms with E-state index >= 15 is 0 Å². The number of nitrogens with zero attached hydrogens (tertiary/aromatic N) is 1. The first-order valence-electron chi connectivity index (χ1n) is 7.77. The molecule has 0 aliphatic heterocycles. The summed E-state index contributed by atoms with van der Waals surface area (Å²) in [5.74, 6) is -0.256. The zero-order chi connectivity index (χ0) is 17.8. The van der Waals surface area contributed by atoms with Crippen molar-refractivity contribution >= 4 is 44.9 Å². The summed E-state index contributed by atoms with van der Waals surface area (Å²) >= 11 is 1.58. The van der Waals surface area contributed by atoms with Crippen LogP contribution in [0.1, 0.15) is 22.3 Å². The van der Waals surface area contributed by atoms with Gasteiger partial charge in [-0.25, -0.2) is 9.78 Å². The van der Waals surface area contributed by atoms with Crippen molar-refractivity contribution in [3.8, 4) is 0 Å². The smallest absolute Gasteiger partial charge is 0.411 e. The van der Waals surface area contributed by atoms with Gasteiger partial charge in [0.1, 0.15) is 0 Å². The average molecular weight is 355 g/mol. The predicted octanol–water partition coefficient (Wildman–Crippen LogP) is 4.43. The summed E-state index contributed by atoms with van der Waals surface area (Å²) in [5, 5.41) is 6.43. The molecule has 3 rings (SSSR count). The van der Waals surface area contributed by atoms with E-state index in [1.165, 1.54) is 0 Å². The number of carbonyl (C=O) groups excluding carboxylic acids is 2. The van der Waals surface area contributed by atoms with E-state index in [9.17, 15) is 9.59 Å². The zero-order valence-electron chi connectivity index (χ0n) is 13.8. The number of anilines is 2. The molecular formula is C18H17N3O3S. The second-order valence-corrected chi connectivity index (χ2v) is 6.53. The molecule has 0 aliphatic rings. The van der Waals surface area contributed by atoms with Gasteiger partial charge >= 0.3 is 6.09 Å². The van der Waals surface area contributed by atoms with Crippen LogP contribution in [0.4, 0.5) is 16.2 Å². The number of carbonyl (C=O) groups is 2. The van der Waals surface area contributed by atoms with Crippen molar-refractivity contribution in [2.24, 2.45) is 0 Å². The Morgan fingerprint density at radius 2 is 1.92 bits per heavy atom. The SMILES string of the molecule is CCOC(=O)Nc1cccc(C(=O)Nc2ccc3nc(C)sc3c2)c1. The molecule has 0 saturated heterocycles. The number of aryl methyl sites for hydroxylation is 1. The number of fused-ring (bicyclic) bond motifs is 1. The number of thiazole rings is 1. The molecule has 0 atom stereocenters. The fourth-order valence-electron chi connectivity index (χ4n) is 2.34. The third-order valence-electron chi connectivity index (χ3n) is 3.40. The fraction of sp³-hybridized carbons (Fsp3) is 0.167. The number of nitrogens with one attached hydrogen (secondary N) is 2. The van der Waals surface area contributed by atoms with Crippen molar-refractivity contribution in [1.29, 1.82) is 0 Å². The Bertz CT molecular complexity index is 936. The first-order chi connectivity index (χ1) is 12.0.